The monoisotopic (exact) mass is 268 g/mol. The highest BCUT2D eigenvalue weighted by Crippen LogP contribution is 2.07. The van der Waals surface area contributed by atoms with Gasteiger partial charge in [-0.2, -0.15) is 0 Å². The molecule has 6 heteroatoms. The fourth-order valence-electron chi connectivity index (χ4n) is 1.45. The van der Waals surface area contributed by atoms with Crippen molar-refractivity contribution in [1.29, 1.82) is 0 Å². The summed E-state index contributed by atoms with van der Waals surface area (Å²) in [5, 5.41) is 2.44. The summed E-state index contributed by atoms with van der Waals surface area (Å²) in [5.74, 6) is -0.669. The Balaban J connectivity index is 2.55. The van der Waals surface area contributed by atoms with Crippen molar-refractivity contribution < 1.29 is 13.8 Å². The Morgan fingerprint density at radius 2 is 1.94 bits per heavy atom. The van der Waals surface area contributed by atoms with Crippen LogP contribution in [-0.2, 0) is 20.4 Å². The molecular formula is C12H16N2O3S. The lowest BCUT2D eigenvalue weighted by molar-refractivity contribution is -0.126. The normalized spacial score (nSPS) is 13.6. The van der Waals surface area contributed by atoms with Crippen molar-refractivity contribution in [1.82, 2.24) is 5.32 Å². The van der Waals surface area contributed by atoms with E-state index in [9.17, 15) is 13.8 Å². The number of primary amides is 1. The number of rotatable bonds is 6. The van der Waals surface area contributed by atoms with Crippen molar-refractivity contribution in [3.63, 3.8) is 0 Å². The molecule has 3 N–H and O–H groups in total. The first kappa shape index (κ1) is 14.4. The molecule has 0 heterocycles. The molecule has 0 aliphatic rings. The number of hydrogen-bond donors (Lipinski definition) is 2. The van der Waals surface area contributed by atoms with Crippen LogP contribution in [0.3, 0.4) is 0 Å². The summed E-state index contributed by atoms with van der Waals surface area (Å²) in [6.45, 7) is 1.31. The molecule has 1 rings (SSSR count). The second-order valence-corrected chi connectivity index (χ2v) is 5.38. The predicted molar refractivity (Wildman–Crippen MR) is 69.1 cm³/mol. The first-order chi connectivity index (χ1) is 8.50. The minimum Gasteiger partial charge on any atom is -0.368 e. The van der Waals surface area contributed by atoms with Crippen LogP contribution in [0.25, 0.3) is 0 Å². The molecule has 18 heavy (non-hydrogen) atoms. The molecule has 2 amide bonds. The smallest absolute Gasteiger partial charge is 0.240 e. The summed E-state index contributed by atoms with van der Waals surface area (Å²) in [6, 6.07) is 8.18. The van der Waals surface area contributed by atoms with E-state index in [-0.39, 0.29) is 18.1 Å². The summed E-state index contributed by atoms with van der Waals surface area (Å²) >= 11 is 0. The summed E-state index contributed by atoms with van der Waals surface area (Å²) in [5.41, 5.74) is 5.16. The Morgan fingerprint density at radius 1 is 1.33 bits per heavy atom. The van der Waals surface area contributed by atoms with E-state index in [1.54, 1.807) is 24.3 Å². The molecule has 2 atom stereocenters. The Hall–Kier alpha value is -1.69. The number of benzene rings is 1. The van der Waals surface area contributed by atoms with Crippen molar-refractivity contribution in [2.24, 2.45) is 5.73 Å². The SMILES string of the molecule is CC(=O)N[C@H](CC[S@@](=O)c1ccccc1)C(N)=O. The molecule has 1 aromatic carbocycles. The highest BCUT2D eigenvalue weighted by molar-refractivity contribution is 7.85. The highest BCUT2D eigenvalue weighted by Gasteiger charge is 2.17. The second kappa shape index (κ2) is 6.90. The highest BCUT2D eigenvalue weighted by atomic mass is 32.2. The third kappa shape index (κ3) is 4.67. The number of nitrogens with two attached hydrogens (primary N) is 1. The average molecular weight is 268 g/mol. The third-order valence-corrected chi connectivity index (χ3v) is 3.72. The Morgan fingerprint density at radius 3 is 2.44 bits per heavy atom. The standard InChI is InChI=1S/C12H16N2O3S/c1-9(15)14-11(12(13)16)7-8-18(17)10-5-3-2-4-6-10/h2-6,11H,7-8H2,1H3,(H2,13,16)(H,14,15)/t11-,18-/m1/s1. The molecule has 0 bridgehead atoms. The van der Waals surface area contributed by atoms with Gasteiger partial charge in [-0.1, -0.05) is 18.2 Å². The van der Waals surface area contributed by atoms with E-state index >= 15 is 0 Å². The molecule has 0 spiro atoms. The average Bonchev–Trinajstić information content (AvgIpc) is 2.34. The van der Waals surface area contributed by atoms with Crippen LogP contribution in [0.15, 0.2) is 35.2 Å². The van der Waals surface area contributed by atoms with E-state index in [0.29, 0.717) is 4.90 Å². The second-order valence-electron chi connectivity index (χ2n) is 3.81. The quantitative estimate of drug-likeness (QED) is 0.771. The number of amides is 2. The lowest BCUT2D eigenvalue weighted by Gasteiger charge is -2.13. The summed E-state index contributed by atoms with van der Waals surface area (Å²) in [6.07, 6.45) is 0.260. The maximum atomic E-state index is 11.9. The maximum absolute atomic E-state index is 11.9. The fourth-order valence-corrected chi connectivity index (χ4v) is 2.59. The van der Waals surface area contributed by atoms with Crippen molar-refractivity contribution in [2.45, 2.75) is 24.3 Å². The van der Waals surface area contributed by atoms with Crippen LogP contribution in [-0.4, -0.2) is 27.8 Å². The summed E-state index contributed by atoms with van der Waals surface area (Å²) in [4.78, 5) is 22.7. The molecule has 98 valence electrons. The Labute approximate surface area is 108 Å². The first-order valence-electron chi connectivity index (χ1n) is 5.50. The lowest BCUT2D eigenvalue weighted by atomic mass is 10.2. The zero-order valence-electron chi connectivity index (χ0n) is 10.1. The van der Waals surface area contributed by atoms with Crippen molar-refractivity contribution in [2.75, 3.05) is 5.75 Å². The van der Waals surface area contributed by atoms with Gasteiger partial charge in [-0.05, 0) is 18.6 Å². The van der Waals surface area contributed by atoms with Crippen LogP contribution in [0.1, 0.15) is 13.3 Å². The largest absolute Gasteiger partial charge is 0.368 e. The van der Waals surface area contributed by atoms with Crippen LogP contribution >= 0.6 is 0 Å². The number of carbonyl (C=O) groups excluding carboxylic acids is 2. The van der Waals surface area contributed by atoms with Gasteiger partial charge in [0.25, 0.3) is 0 Å². The molecule has 5 nitrogen and oxygen atoms in total. The van der Waals surface area contributed by atoms with E-state index < -0.39 is 22.7 Å². The Kier molecular flexibility index (Phi) is 5.51. The fraction of sp³-hybridized carbons (Fsp3) is 0.333. The van der Waals surface area contributed by atoms with Gasteiger partial charge in [0, 0.05) is 17.6 Å². The first-order valence-corrected chi connectivity index (χ1v) is 6.82. The van der Waals surface area contributed by atoms with Gasteiger partial charge in [0.2, 0.25) is 11.8 Å². The minimum absolute atomic E-state index is 0.260. The lowest BCUT2D eigenvalue weighted by Crippen LogP contribution is -2.44. The van der Waals surface area contributed by atoms with Crippen LogP contribution in [0.4, 0.5) is 0 Å². The van der Waals surface area contributed by atoms with Crippen molar-refractivity contribution in [3.05, 3.63) is 30.3 Å². The van der Waals surface area contributed by atoms with E-state index in [4.69, 9.17) is 5.73 Å². The van der Waals surface area contributed by atoms with Crippen LogP contribution in [0.5, 0.6) is 0 Å². The molecule has 0 aromatic heterocycles. The van der Waals surface area contributed by atoms with Crippen LogP contribution in [0.2, 0.25) is 0 Å². The van der Waals surface area contributed by atoms with E-state index in [2.05, 4.69) is 5.32 Å². The van der Waals surface area contributed by atoms with Crippen molar-refractivity contribution >= 4 is 22.6 Å². The molecule has 0 aliphatic carbocycles. The molecule has 0 saturated carbocycles. The van der Waals surface area contributed by atoms with Gasteiger partial charge in [0.15, 0.2) is 0 Å². The molecule has 0 saturated heterocycles. The van der Waals surface area contributed by atoms with Gasteiger partial charge in [-0.25, -0.2) is 0 Å². The number of nitrogens with one attached hydrogen (secondary N) is 1. The van der Waals surface area contributed by atoms with Crippen LogP contribution in [0, 0.1) is 0 Å². The molecule has 1 aromatic rings. The molecule has 0 radical (unpaired) electrons. The van der Waals surface area contributed by atoms with Gasteiger partial charge < -0.3 is 11.1 Å². The zero-order chi connectivity index (χ0) is 13.5. The summed E-state index contributed by atoms with van der Waals surface area (Å²) < 4.78 is 11.9. The number of hydrogen-bond acceptors (Lipinski definition) is 3. The third-order valence-electron chi connectivity index (χ3n) is 2.32. The van der Waals surface area contributed by atoms with Gasteiger partial charge in [-0.3, -0.25) is 13.8 Å². The number of carbonyl (C=O) groups is 2. The Bertz CT molecular complexity index is 448. The van der Waals surface area contributed by atoms with E-state index in [1.165, 1.54) is 6.92 Å². The van der Waals surface area contributed by atoms with Gasteiger partial charge in [-0.15, -0.1) is 0 Å². The summed E-state index contributed by atoms with van der Waals surface area (Å²) in [7, 11) is -1.19. The van der Waals surface area contributed by atoms with Crippen LogP contribution < -0.4 is 11.1 Å². The zero-order valence-corrected chi connectivity index (χ0v) is 10.9. The van der Waals surface area contributed by atoms with Gasteiger partial charge in [0.1, 0.15) is 6.04 Å². The molecule has 0 unspecified atom stereocenters. The van der Waals surface area contributed by atoms with E-state index in [0.717, 1.165) is 0 Å². The van der Waals surface area contributed by atoms with Crippen molar-refractivity contribution in [3.8, 4) is 0 Å². The maximum Gasteiger partial charge on any atom is 0.240 e. The van der Waals surface area contributed by atoms with Gasteiger partial charge >= 0.3 is 0 Å². The molecular weight excluding hydrogens is 252 g/mol. The van der Waals surface area contributed by atoms with Gasteiger partial charge in [0.05, 0.1) is 10.8 Å². The minimum atomic E-state index is -1.19. The van der Waals surface area contributed by atoms with E-state index in [1.807, 2.05) is 6.07 Å². The predicted octanol–water partition coefficient (Wildman–Crippen LogP) is 0.174. The molecule has 0 fully saturated rings. The topological polar surface area (TPSA) is 89.3 Å². The molecule has 0 aliphatic heterocycles.